The summed E-state index contributed by atoms with van der Waals surface area (Å²) in [5, 5.41) is 10.5. The zero-order chi connectivity index (χ0) is 13.0. The number of nitrogens with two attached hydrogens (primary N) is 1. The van der Waals surface area contributed by atoms with Gasteiger partial charge in [-0.05, 0) is 28.4 Å². The molecule has 1 atom stereocenters. The summed E-state index contributed by atoms with van der Waals surface area (Å²) < 4.78 is 5.76. The first kappa shape index (κ1) is 13.4. The Balaban J connectivity index is 2.93. The third kappa shape index (κ3) is 3.42. The smallest absolute Gasteiger partial charge is 0.270 e. The number of non-ortho nitro benzene ring substituents is 1. The highest BCUT2D eigenvalue weighted by Gasteiger charge is 2.17. The Kier molecular flexibility index (Phi) is 4.45. The van der Waals surface area contributed by atoms with E-state index in [4.69, 9.17) is 10.5 Å². The number of nitro groups is 1. The molecule has 1 unspecified atom stereocenters. The molecule has 0 spiro atoms. The van der Waals surface area contributed by atoms with Crippen molar-refractivity contribution < 1.29 is 14.5 Å². The summed E-state index contributed by atoms with van der Waals surface area (Å²) >= 11 is 3.14. The molecule has 0 aliphatic heterocycles. The van der Waals surface area contributed by atoms with Gasteiger partial charge < -0.3 is 10.5 Å². The summed E-state index contributed by atoms with van der Waals surface area (Å²) in [4.78, 5) is 21.0. The molecule has 0 heterocycles. The lowest BCUT2D eigenvalue weighted by atomic mass is 10.2. The van der Waals surface area contributed by atoms with E-state index in [9.17, 15) is 14.9 Å². The third-order valence-electron chi connectivity index (χ3n) is 2.08. The Morgan fingerprint density at radius 2 is 2.29 bits per heavy atom. The Morgan fingerprint density at radius 1 is 1.65 bits per heavy atom. The quantitative estimate of drug-likeness (QED) is 0.664. The number of hydrogen-bond donors (Lipinski definition) is 1. The van der Waals surface area contributed by atoms with Gasteiger partial charge in [0.05, 0.1) is 9.40 Å². The van der Waals surface area contributed by atoms with Crippen LogP contribution in [0.5, 0.6) is 5.75 Å². The van der Waals surface area contributed by atoms with Crippen LogP contribution in [-0.2, 0) is 4.79 Å². The van der Waals surface area contributed by atoms with E-state index in [1.807, 2.05) is 0 Å². The van der Waals surface area contributed by atoms with E-state index in [0.717, 1.165) is 0 Å². The average Bonchev–Trinajstić information content (AvgIpc) is 2.26. The molecule has 1 amide bonds. The zero-order valence-electron chi connectivity index (χ0n) is 9.05. The van der Waals surface area contributed by atoms with Gasteiger partial charge in [-0.25, -0.2) is 0 Å². The minimum atomic E-state index is -0.743. The van der Waals surface area contributed by atoms with Gasteiger partial charge in [0, 0.05) is 12.1 Å². The van der Waals surface area contributed by atoms with Crippen LogP contribution in [0.15, 0.2) is 22.7 Å². The van der Waals surface area contributed by atoms with Gasteiger partial charge in [-0.15, -0.1) is 0 Å². The molecule has 1 aromatic carbocycles. The summed E-state index contributed by atoms with van der Waals surface area (Å²) in [5.74, 6) is -0.223. The highest BCUT2D eigenvalue weighted by atomic mass is 79.9. The molecule has 0 saturated carbocycles. The van der Waals surface area contributed by atoms with Crippen molar-refractivity contribution in [3.63, 3.8) is 0 Å². The van der Waals surface area contributed by atoms with Gasteiger partial charge in [0.1, 0.15) is 5.75 Å². The van der Waals surface area contributed by atoms with Crippen LogP contribution in [0.3, 0.4) is 0 Å². The number of carbonyl (C=O) groups is 1. The van der Waals surface area contributed by atoms with Crippen molar-refractivity contribution in [3.05, 3.63) is 32.8 Å². The van der Waals surface area contributed by atoms with Gasteiger partial charge in [-0.2, -0.15) is 0 Å². The molecule has 0 fully saturated rings. The molecule has 0 radical (unpaired) electrons. The topological polar surface area (TPSA) is 95.5 Å². The second-order valence-corrected chi connectivity index (χ2v) is 4.14. The van der Waals surface area contributed by atoms with Crippen LogP contribution in [0.4, 0.5) is 5.69 Å². The number of amides is 1. The van der Waals surface area contributed by atoms with Crippen molar-refractivity contribution in [2.75, 3.05) is 0 Å². The summed E-state index contributed by atoms with van der Waals surface area (Å²) in [7, 11) is 0. The second-order valence-electron chi connectivity index (χ2n) is 3.29. The Morgan fingerprint density at radius 3 is 2.71 bits per heavy atom. The van der Waals surface area contributed by atoms with Crippen molar-refractivity contribution >= 4 is 27.5 Å². The number of ether oxygens (including phenoxy) is 1. The van der Waals surface area contributed by atoms with Crippen LogP contribution in [0.2, 0.25) is 0 Å². The maximum Gasteiger partial charge on any atom is 0.270 e. The van der Waals surface area contributed by atoms with Gasteiger partial charge in [0.2, 0.25) is 0 Å². The molecule has 0 saturated heterocycles. The van der Waals surface area contributed by atoms with Gasteiger partial charge in [-0.1, -0.05) is 6.92 Å². The van der Waals surface area contributed by atoms with Crippen LogP contribution >= 0.6 is 15.9 Å². The second kappa shape index (κ2) is 5.62. The zero-order valence-corrected chi connectivity index (χ0v) is 10.6. The Labute approximate surface area is 106 Å². The number of nitro benzene ring substituents is 1. The summed E-state index contributed by atoms with van der Waals surface area (Å²) in [6, 6.07) is 4.03. The van der Waals surface area contributed by atoms with E-state index in [2.05, 4.69) is 15.9 Å². The molecule has 0 aromatic heterocycles. The first-order valence-electron chi connectivity index (χ1n) is 4.85. The highest BCUT2D eigenvalue weighted by Crippen LogP contribution is 2.30. The first-order chi connectivity index (χ1) is 7.95. The number of primary amides is 1. The third-order valence-corrected chi connectivity index (χ3v) is 2.70. The standard InChI is InChI=1S/C10H11BrN2O4/c1-2-8(10(12)14)17-9-4-3-6(13(15)16)5-7(9)11/h3-5,8H,2H2,1H3,(H2,12,14). The molecule has 1 aromatic rings. The Bertz CT molecular complexity index is 450. The lowest BCUT2D eigenvalue weighted by Crippen LogP contribution is -2.33. The van der Waals surface area contributed by atoms with Gasteiger partial charge in [0.15, 0.2) is 6.10 Å². The molecule has 0 aliphatic rings. The summed E-state index contributed by atoms with van der Waals surface area (Å²) in [6.07, 6.45) is -0.313. The van der Waals surface area contributed by atoms with Crippen LogP contribution in [-0.4, -0.2) is 16.9 Å². The lowest BCUT2D eigenvalue weighted by molar-refractivity contribution is -0.385. The molecule has 92 valence electrons. The van der Waals surface area contributed by atoms with E-state index in [1.165, 1.54) is 18.2 Å². The molecule has 0 bridgehead atoms. The van der Waals surface area contributed by atoms with E-state index >= 15 is 0 Å². The SMILES string of the molecule is CCC(Oc1ccc([N+](=O)[O-])cc1Br)C(N)=O. The number of rotatable bonds is 5. The number of halogens is 1. The molecule has 1 rings (SSSR count). The van der Waals surface area contributed by atoms with E-state index in [1.54, 1.807) is 6.92 Å². The van der Waals surface area contributed by atoms with Crippen molar-refractivity contribution in [1.82, 2.24) is 0 Å². The minimum absolute atomic E-state index is 0.0589. The number of hydrogen-bond acceptors (Lipinski definition) is 4. The fraction of sp³-hybridized carbons (Fsp3) is 0.300. The van der Waals surface area contributed by atoms with Crippen LogP contribution in [0, 0.1) is 10.1 Å². The fourth-order valence-corrected chi connectivity index (χ4v) is 1.65. The summed E-state index contributed by atoms with van der Waals surface area (Å²) in [5.41, 5.74) is 5.08. The number of carbonyl (C=O) groups excluding carboxylic acids is 1. The lowest BCUT2D eigenvalue weighted by Gasteiger charge is -2.14. The molecular formula is C10H11BrN2O4. The van der Waals surface area contributed by atoms with E-state index in [0.29, 0.717) is 16.6 Å². The molecule has 6 nitrogen and oxygen atoms in total. The maximum atomic E-state index is 11.0. The minimum Gasteiger partial charge on any atom is -0.479 e. The van der Waals surface area contributed by atoms with E-state index < -0.39 is 16.9 Å². The molecule has 2 N–H and O–H groups in total. The van der Waals surface area contributed by atoms with Crippen molar-refractivity contribution in [3.8, 4) is 5.75 Å². The number of nitrogens with zero attached hydrogens (tertiary/aromatic N) is 1. The maximum absolute atomic E-state index is 11.0. The predicted molar refractivity (Wildman–Crippen MR) is 64.7 cm³/mol. The van der Waals surface area contributed by atoms with E-state index in [-0.39, 0.29) is 5.69 Å². The first-order valence-corrected chi connectivity index (χ1v) is 5.65. The van der Waals surface area contributed by atoms with Crippen LogP contribution < -0.4 is 10.5 Å². The Hall–Kier alpha value is -1.63. The van der Waals surface area contributed by atoms with Crippen molar-refractivity contribution in [2.45, 2.75) is 19.4 Å². The normalized spacial score (nSPS) is 11.9. The summed E-state index contributed by atoms with van der Waals surface area (Å²) in [6.45, 7) is 1.76. The molecule has 7 heteroatoms. The average molecular weight is 303 g/mol. The van der Waals surface area contributed by atoms with Crippen molar-refractivity contribution in [2.24, 2.45) is 5.73 Å². The monoisotopic (exact) mass is 302 g/mol. The van der Waals surface area contributed by atoms with Crippen LogP contribution in [0.25, 0.3) is 0 Å². The van der Waals surface area contributed by atoms with Crippen LogP contribution in [0.1, 0.15) is 13.3 Å². The molecule has 0 aliphatic carbocycles. The van der Waals surface area contributed by atoms with Gasteiger partial charge in [0.25, 0.3) is 11.6 Å². The molecular weight excluding hydrogens is 292 g/mol. The van der Waals surface area contributed by atoms with Gasteiger partial charge >= 0.3 is 0 Å². The van der Waals surface area contributed by atoms with Crippen molar-refractivity contribution in [1.29, 1.82) is 0 Å². The number of benzene rings is 1. The fourth-order valence-electron chi connectivity index (χ4n) is 1.19. The largest absolute Gasteiger partial charge is 0.479 e. The predicted octanol–water partition coefficient (Wildman–Crippen LogP) is 2.00. The van der Waals surface area contributed by atoms with Gasteiger partial charge in [-0.3, -0.25) is 14.9 Å². The molecule has 17 heavy (non-hydrogen) atoms. The highest BCUT2D eigenvalue weighted by molar-refractivity contribution is 9.10.